The van der Waals surface area contributed by atoms with E-state index in [9.17, 15) is 4.79 Å². The molecule has 0 saturated carbocycles. The Balaban J connectivity index is 3.08. The van der Waals surface area contributed by atoms with Crippen LogP contribution in [0.15, 0.2) is 0 Å². The van der Waals surface area contributed by atoms with E-state index in [2.05, 4.69) is 6.92 Å². The van der Waals surface area contributed by atoms with E-state index in [0.29, 0.717) is 5.78 Å². The van der Waals surface area contributed by atoms with Crippen LogP contribution >= 0.6 is 0 Å². The summed E-state index contributed by atoms with van der Waals surface area (Å²) in [4.78, 5) is 11.7. The molecule has 2 heteroatoms. The normalized spacial score (nSPS) is 11.0. The van der Waals surface area contributed by atoms with E-state index < -0.39 is 0 Å². The Morgan fingerprint density at radius 2 is 1.00 bits per heavy atom. The SMILES string of the molecule is CCCCCCCCCCCCCCCC(=O)CCCCOC. The van der Waals surface area contributed by atoms with E-state index in [1.165, 1.54) is 77.0 Å². The first-order valence-corrected chi connectivity index (χ1v) is 10.3. The third-order valence-electron chi connectivity index (χ3n) is 4.61. The minimum absolute atomic E-state index is 0.448. The summed E-state index contributed by atoms with van der Waals surface area (Å²) in [5.41, 5.74) is 0. The van der Waals surface area contributed by atoms with Crippen LogP contribution in [0.4, 0.5) is 0 Å². The molecule has 0 unspecified atom stereocenters. The molecule has 0 amide bonds. The molecule has 0 bridgehead atoms. The number of carbonyl (C=O) groups excluding carboxylic acids is 1. The van der Waals surface area contributed by atoms with Crippen LogP contribution in [0.5, 0.6) is 0 Å². The predicted octanol–water partition coefficient (Wildman–Crippen LogP) is 6.85. The first kappa shape index (κ1) is 22.6. The van der Waals surface area contributed by atoms with Crippen LogP contribution in [0.25, 0.3) is 0 Å². The lowest BCUT2D eigenvalue weighted by Crippen LogP contribution is -1.99. The van der Waals surface area contributed by atoms with Gasteiger partial charge in [0.05, 0.1) is 0 Å². The minimum Gasteiger partial charge on any atom is -0.385 e. The first-order chi connectivity index (χ1) is 11.3. The van der Waals surface area contributed by atoms with Crippen molar-refractivity contribution in [2.45, 2.75) is 116 Å². The van der Waals surface area contributed by atoms with Crippen LogP contribution in [-0.4, -0.2) is 19.5 Å². The molecule has 0 saturated heterocycles. The molecular weight excluding hydrogens is 284 g/mol. The molecule has 0 spiro atoms. The largest absolute Gasteiger partial charge is 0.385 e. The van der Waals surface area contributed by atoms with Crippen molar-refractivity contribution in [1.29, 1.82) is 0 Å². The lowest BCUT2D eigenvalue weighted by Gasteiger charge is -2.03. The van der Waals surface area contributed by atoms with Gasteiger partial charge in [-0.1, -0.05) is 84.0 Å². The van der Waals surface area contributed by atoms with Crippen LogP contribution in [0.3, 0.4) is 0 Å². The maximum atomic E-state index is 11.7. The maximum absolute atomic E-state index is 11.7. The molecule has 0 aliphatic carbocycles. The van der Waals surface area contributed by atoms with Crippen molar-refractivity contribution in [1.82, 2.24) is 0 Å². The number of Topliss-reactive ketones (excluding diaryl/α,β-unsaturated/α-hetero) is 1. The van der Waals surface area contributed by atoms with E-state index in [1.54, 1.807) is 7.11 Å². The average molecular weight is 327 g/mol. The van der Waals surface area contributed by atoms with Crippen molar-refractivity contribution in [3.05, 3.63) is 0 Å². The molecule has 0 N–H and O–H groups in total. The lowest BCUT2D eigenvalue weighted by molar-refractivity contribution is -0.119. The standard InChI is InChI=1S/C21H42O2/c1-3-4-5-6-7-8-9-10-11-12-13-14-15-18-21(22)19-16-17-20-23-2/h3-20H2,1-2H3. The van der Waals surface area contributed by atoms with Crippen LogP contribution in [-0.2, 0) is 9.53 Å². The Bertz CT molecular complexity index is 238. The minimum atomic E-state index is 0.448. The van der Waals surface area contributed by atoms with Crippen LogP contribution in [0.2, 0.25) is 0 Å². The molecule has 0 aromatic rings. The molecule has 0 aliphatic heterocycles. The third-order valence-corrected chi connectivity index (χ3v) is 4.61. The van der Waals surface area contributed by atoms with Gasteiger partial charge in [0.25, 0.3) is 0 Å². The number of hydrogen-bond acceptors (Lipinski definition) is 2. The maximum Gasteiger partial charge on any atom is 0.132 e. The molecule has 0 heterocycles. The molecule has 0 fully saturated rings. The van der Waals surface area contributed by atoms with Crippen molar-refractivity contribution < 1.29 is 9.53 Å². The Kier molecular flexibility index (Phi) is 19.4. The zero-order chi connectivity index (χ0) is 17.0. The summed E-state index contributed by atoms with van der Waals surface area (Å²) in [7, 11) is 1.72. The summed E-state index contributed by atoms with van der Waals surface area (Å²) in [6, 6.07) is 0. The quantitative estimate of drug-likeness (QED) is 0.242. The van der Waals surface area contributed by atoms with Gasteiger partial charge in [-0.25, -0.2) is 0 Å². The summed E-state index contributed by atoms with van der Waals surface area (Å²) < 4.78 is 4.99. The molecule has 0 aromatic carbocycles. The fourth-order valence-corrected chi connectivity index (χ4v) is 3.03. The Morgan fingerprint density at radius 1 is 0.609 bits per heavy atom. The summed E-state index contributed by atoms with van der Waals surface area (Å²) in [6.07, 6.45) is 21.3. The van der Waals surface area contributed by atoms with Gasteiger partial charge in [-0.15, -0.1) is 0 Å². The molecule has 2 nitrogen and oxygen atoms in total. The second-order valence-electron chi connectivity index (χ2n) is 6.98. The molecule has 0 aliphatic rings. The summed E-state index contributed by atoms with van der Waals surface area (Å²) in [5, 5.41) is 0. The number of rotatable bonds is 19. The second-order valence-corrected chi connectivity index (χ2v) is 6.98. The summed E-state index contributed by atoms with van der Waals surface area (Å²) >= 11 is 0. The van der Waals surface area contributed by atoms with Gasteiger partial charge in [-0.05, 0) is 19.3 Å². The Labute approximate surface area is 145 Å². The van der Waals surface area contributed by atoms with E-state index in [4.69, 9.17) is 4.74 Å². The molecular formula is C21H42O2. The van der Waals surface area contributed by atoms with Gasteiger partial charge in [0, 0.05) is 26.6 Å². The molecule has 0 atom stereocenters. The third kappa shape index (κ3) is 19.6. The molecule has 0 rings (SSSR count). The summed E-state index contributed by atoms with van der Waals surface area (Å²) in [5.74, 6) is 0.448. The number of hydrogen-bond donors (Lipinski definition) is 0. The molecule has 138 valence electrons. The fourth-order valence-electron chi connectivity index (χ4n) is 3.03. The average Bonchev–Trinajstić information content (AvgIpc) is 2.56. The molecule has 23 heavy (non-hydrogen) atoms. The second kappa shape index (κ2) is 19.7. The van der Waals surface area contributed by atoms with Crippen LogP contribution in [0, 0.1) is 0 Å². The monoisotopic (exact) mass is 326 g/mol. The van der Waals surface area contributed by atoms with E-state index in [0.717, 1.165) is 38.7 Å². The van der Waals surface area contributed by atoms with Gasteiger partial charge >= 0.3 is 0 Å². The molecule has 0 aromatic heterocycles. The van der Waals surface area contributed by atoms with Crippen LogP contribution in [0.1, 0.15) is 116 Å². The fraction of sp³-hybridized carbons (Fsp3) is 0.952. The van der Waals surface area contributed by atoms with Gasteiger partial charge in [-0.3, -0.25) is 4.79 Å². The zero-order valence-corrected chi connectivity index (χ0v) is 16.0. The van der Waals surface area contributed by atoms with Gasteiger partial charge in [-0.2, -0.15) is 0 Å². The number of carbonyl (C=O) groups is 1. The van der Waals surface area contributed by atoms with Gasteiger partial charge in [0.15, 0.2) is 0 Å². The Hall–Kier alpha value is -0.370. The highest BCUT2D eigenvalue weighted by atomic mass is 16.5. The highest BCUT2D eigenvalue weighted by molar-refractivity contribution is 5.78. The molecule has 0 radical (unpaired) electrons. The van der Waals surface area contributed by atoms with Crippen LogP contribution < -0.4 is 0 Å². The number of ketones is 1. The summed E-state index contributed by atoms with van der Waals surface area (Å²) in [6.45, 7) is 3.06. The van der Waals surface area contributed by atoms with Crippen molar-refractivity contribution in [2.24, 2.45) is 0 Å². The van der Waals surface area contributed by atoms with Gasteiger partial charge < -0.3 is 4.74 Å². The zero-order valence-electron chi connectivity index (χ0n) is 16.0. The van der Waals surface area contributed by atoms with Crippen molar-refractivity contribution in [3.63, 3.8) is 0 Å². The highest BCUT2D eigenvalue weighted by Crippen LogP contribution is 2.13. The van der Waals surface area contributed by atoms with E-state index >= 15 is 0 Å². The number of methoxy groups -OCH3 is 1. The predicted molar refractivity (Wildman–Crippen MR) is 101 cm³/mol. The number of unbranched alkanes of at least 4 members (excludes halogenated alkanes) is 13. The van der Waals surface area contributed by atoms with Crippen molar-refractivity contribution in [2.75, 3.05) is 13.7 Å². The number of ether oxygens (including phenoxy) is 1. The highest BCUT2D eigenvalue weighted by Gasteiger charge is 2.01. The van der Waals surface area contributed by atoms with Crippen molar-refractivity contribution >= 4 is 5.78 Å². The van der Waals surface area contributed by atoms with E-state index in [-0.39, 0.29) is 0 Å². The topological polar surface area (TPSA) is 26.3 Å². The smallest absolute Gasteiger partial charge is 0.132 e. The lowest BCUT2D eigenvalue weighted by atomic mass is 10.0. The van der Waals surface area contributed by atoms with Gasteiger partial charge in [0.2, 0.25) is 0 Å². The van der Waals surface area contributed by atoms with E-state index in [1.807, 2.05) is 0 Å². The van der Waals surface area contributed by atoms with Crippen molar-refractivity contribution in [3.8, 4) is 0 Å². The Morgan fingerprint density at radius 3 is 1.43 bits per heavy atom. The van der Waals surface area contributed by atoms with Gasteiger partial charge in [0.1, 0.15) is 5.78 Å². The first-order valence-electron chi connectivity index (χ1n) is 10.3.